The predicted molar refractivity (Wildman–Crippen MR) is 99.0 cm³/mol. The molecule has 2 aromatic carbocycles. The molecule has 0 saturated carbocycles. The van der Waals surface area contributed by atoms with E-state index in [2.05, 4.69) is 15.0 Å². The first-order valence-corrected chi connectivity index (χ1v) is 9.32. The quantitative estimate of drug-likeness (QED) is 0.595. The molecular weight excluding hydrogens is 370 g/mol. The topological polar surface area (TPSA) is 125 Å². The Kier molecular flexibility index (Phi) is 5.04. The van der Waals surface area contributed by atoms with Gasteiger partial charge in [0.15, 0.2) is 0 Å². The van der Waals surface area contributed by atoms with Gasteiger partial charge in [0.2, 0.25) is 0 Å². The Bertz CT molecular complexity index is 1110. The van der Waals surface area contributed by atoms with E-state index in [9.17, 15) is 18.0 Å². The van der Waals surface area contributed by atoms with Crippen molar-refractivity contribution >= 4 is 38.5 Å². The van der Waals surface area contributed by atoms with Gasteiger partial charge in [0.05, 0.1) is 5.52 Å². The lowest BCUT2D eigenvalue weighted by atomic mass is 10.2. The van der Waals surface area contributed by atoms with Crippen molar-refractivity contribution in [3.8, 4) is 0 Å². The van der Waals surface area contributed by atoms with Gasteiger partial charge in [0, 0.05) is 22.8 Å². The number of hydrogen-bond acceptors (Lipinski definition) is 5. The van der Waals surface area contributed by atoms with E-state index in [0.29, 0.717) is 10.9 Å². The van der Waals surface area contributed by atoms with Crippen LogP contribution in [-0.4, -0.2) is 36.9 Å². The van der Waals surface area contributed by atoms with Crippen molar-refractivity contribution in [1.29, 1.82) is 0 Å². The normalized spacial score (nSPS) is 11.1. The van der Waals surface area contributed by atoms with Crippen LogP contribution in [0.4, 0.5) is 5.69 Å². The average Bonchev–Trinajstić information content (AvgIpc) is 2.66. The summed E-state index contributed by atoms with van der Waals surface area (Å²) >= 11 is 0. The van der Waals surface area contributed by atoms with E-state index < -0.39 is 28.4 Å². The van der Waals surface area contributed by atoms with Crippen LogP contribution in [0.3, 0.4) is 0 Å². The van der Waals surface area contributed by atoms with E-state index >= 15 is 0 Å². The van der Waals surface area contributed by atoms with Crippen LogP contribution >= 0.6 is 0 Å². The Hall–Kier alpha value is -3.46. The Balaban J connectivity index is 1.82. The number of carboxylic acid groups (broad SMARTS) is 1. The van der Waals surface area contributed by atoms with Gasteiger partial charge in [-0.1, -0.05) is 18.2 Å². The number of nitrogens with zero attached hydrogens (tertiary/aromatic N) is 1. The van der Waals surface area contributed by atoms with Gasteiger partial charge in [0.1, 0.15) is 11.4 Å². The monoisotopic (exact) mass is 385 g/mol. The summed E-state index contributed by atoms with van der Waals surface area (Å²) in [6.07, 6.45) is 1.52. The third kappa shape index (κ3) is 4.21. The zero-order chi connectivity index (χ0) is 19.4. The Morgan fingerprint density at radius 1 is 1.00 bits per heavy atom. The maximum Gasteiger partial charge on any atom is 0.322 e. The minimum atomic E-state index is -3.89. The van der Waals surface area contributed by atoms with Crippen LogP contribution in [0.15, 0.2) is 65.7 Å². The summed E-state index contributed by atoms with van der Waals surface area (Å²) in [4.78, 5) is 26.5. The Morgan fingerprint density at radius 2 is 1.70 bits per heavy atom. The first kappa shape index (κ1) is 18.3. The van der Waals surface area contributed by atoms with E-state index in [1.54, 1.807) is 24.3 Å². The molecule has 0 radical (unpaired) electrons. The van der Waals surface area contributed by atoms with Crippen molar-refractivity contribution in [2.75, 3.05) is 11.3 Å². The first-order chi connectivity index (χ1) is 12.9. The second-order valence-electron chi connectivity index (χ2n) is 5.59. The van der Waals surface area contributed by atoms with Crippen molar-refractivity contribution in [2.24, 2.45) is 0 Å². The molecule has 3 rings (SSSR count). The first-order valence-electron chi connectivity index (χ1n) is 7.83. The maximum absolute atomic E-state index is 12.7. The summed E-state index contributed by atoms with van der Waals surface area (Å²) in [6, 6.07) is 14.0. The molecule has 3 aromatic rings. The van der Waals surface area contributed by atoms with E-state index in [-0.39, 0.29) is 16.1 Å². The Morgan fingerprint density at radius 3 is 2.41 bits per heavy atom. The minimum absolute atomic E-state index is 0.0453. The van der Waals surface area contributed by atoms with Gasteiger partial charge in [-0.05, 0) is 36.4 Å². The van der Waals surface area contributed by atoms with Crippen molar-refractivity contribution in [1.82, 2.24) is 10.3 Å². The van der Waals surface area contributed by atoms with E-state index in [1.807, 2.05) is 0 Å². The number of aromatic nitrogens is 1. The number of nitrogens with one attached hydrogen (secondary N) is 2. The molecule has 138 valence electrons. The van der Waals surface area contributed by atoms with Gasteiger partial charge in [-0.3, -0.25) is 19.3 Å². The highest BCUT2D eigenvalue weighted by Gasteiger charge is 2.18. The Labute approximate surface area is 154 Å². The van der Waals surface area contributed by atoms with Crippen LogP contribution in [0.1, 0.15) is 10.4 Å². The van der Waals surface area contributed by atoms with Crippen molar-refractivity contribution < 1.29 is 23.1 Å². The summed E-state index contributed by atoms with van der Waals surface area (Å²) < 4.78 is 27.9. The molecule has 1 aromatic heterocycles. The fourth-order valence-electron chi connectivity index (χ4n) is 2.45. The second kappa shape index (κ2) is 7.42. The molecule has 9 heteroatoms. The number of pyridine rings is 1. The van der Waals surface area contributed by atoms with E-state index in [4.69, 9.17) is 5.11 Å². The zero-order valence-electron chi connectivity index (χ0n) is 13.9. The van der Waals surface area contributed by atoms with Crippen LogP contribution in [-0.2, 0) is 14.8 Å². The molecule has 0 unspecified atom stereocenters. The highest BCUT2D eigenvalue weighted by Crippen LogP contribution is 2.23. The fourth-order valence-corrected chi connectivity index (χ4v) is 3.69. The lowest BCUT2D eigenvalue weighted by Gasteiger charge is -2.10. The van der Waals surface area contributed by atoms with Gasteiger partial charge in [-0.15, -0.1) is 0 Å². The number of sulfonamides is 1. The molecule has 0 bridgehead atoms. The molecule has 0 aliphatic heterocycles. The molecule has 3 N–H and O–H groups in total. The van der Waals surface area contributed by atoms with E-state index in [1.165, 1.54) is 36.5 Å². The van der Waals surface area contributed by atoms with E-state index in [0.717, 1.165) is 0 Å². The standard InChI is InChI=1S/C18H15N3O5S/c22-16(23)11-20-18(24)13-6-8-14(9-7-13)21-27(25,26)15-5-1-3-12-4-2-10-19-17(12)15/h1-10,21H,11H2,(H,20,24)(H,22,23). The van der Waals surface area contributed by atoms with Crippen LogP contribution in [0.2, 0.25) is 0 Å². The SMILES string of the molecule is O=C(O)CNC(=O)c1ccc(NS(=O)(=O)c2cccc3cccnc23)cc1. The molecule has 0 fully saturated rings. The molecular formula is C18H15N3O5S. The third-order valence-corrected chi connectivity index (χ3v) is 5.10. The number of benzene rings is 2. The second-order valence-corrected chi connectivity index (χ2v) is 7.24. The molecule has 0 aliphatic carbocycles. The number of hydrogen-bond donors (Lipinski definition) is 3. The number of carbonyl (C=O) groups is 2. The summed E-state index contributed by atoms with van der Waals surface area (Å²) in [6.45, 7) is -0.499. The molecule has 0 atom stereocenters. The molecule has 1 amide bonds. The van der Waals surface area contributed by atoms with Crippen molar-refractivity contribution in [3.05, 3.63) is 66.4 Å². The highest BCUT2D eigenvalue weighted by molar-refractivity contribution is 7.93. The fraction of sp³-hybridized carbons (Fsp3) is 0.0556. The van der Waals surface area contributed by atoms with Crippen molar-refractivity contribution in [2.45, 2.75) is 4.90 Å². The van der Waals surface area contributed by atoms with Crippen LogP contribution in [0.25, 0.3) is 10.9 Å². The number of fused-ring (bicyclic) bond motifs is 1. The number of carbonyl (C=O) groups excluding carboxylic acids is 1. The number of carboxylic acids is 1. The number of aliphatic carboxylic acids is 1. The van der Waals surface area contributed by atoms with Crippen molar-refractivity contribution in [3.63, 3.8) is 0 Å². The molecule has 27 heavy (non-hydrogen) atoms. The summed E-state index contributed by atoms with van der Waals surface area (Å²) in [5.74, 6) is -1.72. The zero-order valence-corrected chi connectivity index (χ0v) is 14.7. The summed E-state index contributed by atoms with van der Waals surface area (Å²) in [5.41, 5.74) is 0.834. The van der Waals surface area contributed by atoms with Gasteiger partial charge in [-0.25, -0.2) is 8.42 Å². The van der Waals surface area contributed by atoms with Crippen LogP contribution in [0.5, 0.6) is 0 Å². The van der Waals surface area contributed by atoms with Gasteiger partial charge >= 0.3 is 5.97 Å². The molecule has 8 nitrogen and oxygen atoms in total. The number of rotatable bonds is 6. The molecule has 0 aliphatic rings. The van der Waals surface area contributed by atoms with Crippen LogP contribution < -0.4 is 10.0 Å². The molecule has 0 spiro atoms. The summed E-state index contributed by atoms with van der Waals surface area (Å²) in [5, 5.41) is 11.5. The predicted octanol–water partition coefficient (Wildman–Crippen LogP) is 1.85. The summed E-state index contributed by atoms with van der Waals surface area (Å²) in [7, 11) is -3.89. The third-order valence-electron chi connectivity index (χ3n) is 3.68. The highest BCUT2D eigenvalue weighted by atomic mass is 32.2. The van der Waals surface area contributed by atoms with Crippen LogP contribution in [0, 0.1) is 0 Å². The van der Waals surface area contributed by atoms with Gasteiger partial charge < -0.3 is 10.4 Å². The average molecular weight is 385 g/mol. The van der Waals surface area contributed by atoms with Gasteiger partial charge in [-0.2, -0.15) is 0 Å². The number of para-hydroxylation sites is 1. The lowest BCUT2D eigenvalue weighted by molar-refractivity contribution is -0.135. The number of anilines is 1. The molecule has 1 heterocycles. The minimum Gasteiger partial charge on any atom is -0.480 e. The maximum atomic E-state index is 12.7. The lowest BCUT2D eigenvalue weighted by Crippen LogP contribution is -2.29. The van der Waals surface area contributed by atoms with Gasteiger partial charge in [0.25, 0.3) is 15.9 Å². The largest absolute Gasteiger partial charge is 0.480 e. The smallest absolute Gasteiger partial charge is 0.322 e. The number of amides is 1. The molecule has 0 saturated heterocycles.